The summed E-state index contributed by atoms with van der Waals surface area (Å²) in [4.78, 5) is 11.8. The van der Waals surface area contributed by atoms with Crippen molar-refractivity contribution >= 4 is 18.3 Å². The highest BCUT2D eigenvalue weighted by Crippen LogP contribution is 2.14. The molecule has 1 aromatic carbocycles. The molecule has 3 N–H and O–H groups in total. The summed E-state index contributed by atoms with van der Waals surface area (Å²) in [5.41, 5.74) is 6.05. The first kappa shape index (κ1) is 16.7. The lowest BCUT2D eigenvalue weighted by atomic mass is 9.92. The van der Waals surface area contributed by atoms with E-state index in [1.165, 1.54) is 0 Å². The summed E-state index contributed by atoms with van der Waals surface area (Å²) >= 11 is 0. The Labute approximate surface area is 114 Å². The van der Waals surface area contributed by atoms with Crippen molar-refractivity contribution in [1.29, 1.82) is 0 Å². The van der Waals surface area contributed by atoms with Gasteiger partial charge in [-0.25, -0.2) is 0 Å². The average Bonchev–Trinajstić information content (AvgIpc) is 2.36. The lowest BCUT2D eigenvalue weighted by Gasteiger charge is -2.21. The SMILES string of the molecule is COc1ccc(CNC(=O)C(C)(C)CN)cc1.Cl. The van der Waals surface area contributed by atoms with Gasteiger partial charge in [0.15, 0.2) is 0 Å². The maximum absolute atomic E-state index is 11.8. The predicted molar refractivity (Wildman–Crippen MR) is 74.9 cm³/mol. The third-order valence-corrected chi connectivity index (χ3v) is 2.74. The first-order chi connectivity index (χ1) is 7.99. The van der Waals surface area contributed by atoms with Gasteiger partial charge in [-0.3, -0.25) is 4.79 Å². The minimum atomic E-state index is -0.521. The summed E-state index contributed by atoms with van der Waals surface area (Å²) in [5, 5.41) is 2.87. The summed E-state index contributed by atoms with van der Waals surface area (Å²) in [6, 6.07) is 7.59. The Hall–Kier alpha value is -1.26. The summed E-state index contributed by atoms with van der Waals surface area (Å²) in [5.74, 6) is 0.776. The largest absolute Gasteiger partial charge is 0.497 e. The number of halogens is 1. The van der Waals surface area contributed by atoms with Crippen LogP contribution in [0.4, 0.5) is 0 Å². The van der Waals surface area contributed by atoms with Crippen LogP contribution in [-0.2, 0) is 11.3 Å². The molecule has 18 heavy (non-hydrogen) atoms. The molecule has 0 aliphatic heterocycles. The second-order valence-corrected chi connectivity index (χ2v) is 4.62. The Morgan fingerprint density at radius 1 is 1.33 bits per heavy atom. The molecule has 5 heteroatoms. The quantitative estimate of drug-likeness (QED) is 0.858. The van der Waals surface area contributed by atoms with Crippen molar-refractivity contribution in [2.75, 3.05) is 13.7 Å². The van der Waals surface area contributed by atoms with Gasteiger partial charge in [-0.15, -0.1) is 12.4 Å². The average molecular weight is 273 g/mol. The van der Waals surface area contributed by atoms with Crippen molar-refractivity contribution in [3.8, 4) is 5.75 Å². The lowest BCUT2D eigenvalue weighted by molar-refractivity contribution is -0.129. The Balaban J connectivity index is 0.00000289. The van der Waals surface area contributed by atoms with Crippen LogP contribution >= 0.6 is 12.4 Å². The molecule has 0 bridgehead atoms. The number of nitrogens with one attached hydrogen (secondary N) is 1. The van der Waals surface area contributed by atoms with Crippen molar-refractivity contribution < 1.29 is 9.53 Å². The lowest BCUT2D eigenvalue weighted by Crippen LogP contribution is -2.41. The molecular formula is C13H21ClN2O2. The van der Waals surface area contributed by atoms with Gasteiger partial charge in [0, 0.05) is 13.1 Å². The molecule has 0 saturated heterocycles. The number of rotatable bonds is 5. The fraction of sp³-hybridized carbons (Fsp3) is 0.462. The molecule has 1 aromatic rings. The molecule has 102 valence electrons. The zero-order valence-electron chi connectivity index (χ0n) is 11.0. The second-order valence-electron chi connectivity index (χ2n) is 4.62. The normalized spacial score (nSPS) is 10.4. The number of amides is 1. The summed E-state index contributed by atoms with van der Waals surface area (Å²) in [6.07, 6.45) is 0. The Bertz CT molecular complexity index is 377. The Morgan fingerprint density at radius 3 is 2.33 bits per heavy atom. The Kier molecular flexibility index (Phi) is 6.73. The third-order valence-electron chi connectivity index (χ3n) is 2.74. The number of carbonyl (C=O) groups is 1. The molecule has 1 rings (SSSR count). The van der Waals surface area contributed by atoms with Gasteiger partial charge in [0.1, 0.15) is 5.75 Å². The first-order valence-corrected chi connectivity index (χ1v) is 5.61. The maximum Gasteiger partial charge on any atom is 0.227 e. The van der Waals surface area contributed by atoms with Crippen molar-refractivity contribution in [1.82, 2.24) is 5.32 Å². The fourth-order valence-corrected chi connectivity index (χ4v) is 1.26. The molecular weight excluding hydrogens is 252 g/mol. The highest BCUT2D eigenvalue weighted by molar-refractivity contribution is 5.85. The molecule has 0 saturated carbocycles. The molecule has 0 atom stereocenters. The van der Waals surface area contributed by atoms with E-state index < -0.39 is 5.41 Å². The van der Waals surface area contributed by atoms with Crippen molar-refractivity contribution in [2.45, 2.75) is 20.4 Å². The van der Waals surface area contributed by atoms with E-state index in [4.69, 9.17) is 10.5 Å². The topological polar surface area (TPSA) is 64.3 Å². The number of nitrogens with two attached hydrogens (primary N) is 1. The molecule has 1 amide bonds. The standard InChI is InChI=1S/C13H20N2O2.ClH/c1-13(2,9-14)12(16)15-8-10-4-6-11(17-3)7-5-10;/h4-7H,8-9,14H2,1-3H3,(H,15,16);1H. The van der Waals surface area contributed by atoms with Gasteiger partial charge in [-0.2, -0.15) is 0 Å². The third kappa shape index (κ3) is 4.55. The molecule has 0 radical (unpaired) electrons. The number of hydrogen-bond donors (Lipinski definition) is 2. The van der Waals surface area contributed by atoms with E-state index >= 15 is 0 Å². The number of carbonyl (C=O) groups excluding carboxylic acids is 1. The zero-order chi connectivity index (χ0) is 12.9. The van der Waals surface area contributed by atoms with E-state index in [-0.39, 0.29) is 18.3 Å². The van der Waals surface area contributed by atoms with Crippen LogP contribution in [0, 0.1) is 5.41 Å². The van der Waals surface area contributed by atoms with E-state index in [0.29, 0.717) is 13.1 Å². The van der Waals surface area contributed by atoms with Crippen LogP contribution in [0.25, 0.3) is 0 Å². The van der Waals surface area contributed by atoms with Gasteiger partial charge >= 0.3 is 0 Å². The summed E-state index contributed by atoms with van der Waals surface area (Å²) < 4.78 is 5.06. The second kappa shape index (κ2) is 7.24. The van der Waals surface area contributed by atoms with Crippen molar-refractivity contribution in [2.24, 2.45) is 11.1 Å². The minimum Gasteiger partial charge on any atom is -0.497 e. The van der Waals surface area contributed by atoms with Gasteiger partial charge in [0.05, 0.1) is 12.5 Å². The van der Waals surface area contributed by atoms with Crippen LogP contribution in [0.15, 0.2) is 24.3 Å². The van der Waals surface area contributed by atoms with Crippen LogP contribution in [0.2, 0.25) is 0 Å². The maximum atomic E-state index is 11.8. The van der Waals surface area contributed by atoms with Gasteiger partial charge in [0.2, 0.25) is 5.91 Å². The van der Waals surface area contributed by atoms with Crippen LogP contribution in [0.3, 0.4) is 0 Å². The van der Waals surface area contributed by atoms with E-state index in [2.05, 4.69) is 5.32 Å². The molecule has 0 heterocycles. The van der Waals surface area contributed by atoms with Crippen molar-refractivity contribution in [3.05, 3.63) is 29.8 Å². The van der Waals surface area contributed by atoms with Gasteiger partial charge in [-0.05, 0) is 31.5 Å². The molecule has 0 aliphatic carbocycles. The molecule has 0 aliphatic rings. The van der Waals surface area contributed by atoms with Crippen LogP contribution in [0.1, 0.15) is 19.4 Å². The van der Waals surface area contributed by atoms with Crippen molar-refractivity contribution in [3.63, 3.8) is 0 Å². The van der Waals surface area contributed by atoms with Gasteiger partial charge in [0.25, 0.3) is 0 Å². The zero-order valence-corrected chi connectivity index (χ0v) is 11.8. The summed E-state index contributed by atoms with van der Waals surface area (Å²) in [6.45, 7) is 4.50. The molecule has 0 fully saturated rings. The van der Waals surface area contributed by atoms with E-state index in [1.807, 2.05) is 38.1 Å². The van der Waals surface area contributed by atoms with Gasteiger partial charge in [-0.1, -0.05) is 12.1 Å². The number of hydrogen-bond acceptors (Lipinski definition) is 3. The number of ether oxygens (including phenoxy) is 1. The molecule has 0 aromatic heterocycles. The molecule has 4 nitrogen and oxygen atoms in total. The Morgan fingerprint density at radius 2 is 1.89 bits per heavy atom. The first-order valence-electron chi connectivity index (χ1n) is 5.61. The molecule has 0 spiro atoms. The predicted octanol–water partition coefficient (Wildman–Crippen LogP) is 1.72. The minimum absolute atomic E-state index is 0. The number of methoxy groups -OCH3 is 1. The summed E-state index contributed by atoms with van der Waals surface area (Å²) in [7, 11) is 1.63. The monoisotopic (exact) mass is 272 g/mol. The van der Waals surface area contributed by atoms with E-state index in [9.17, 15) is 4.79 Å². The van der Waals surface area contributed by atoms with Gasteiger partial charge < -0.3 is 15.8 Å². The van der Waals surface area contributed by atoms with E-state index in [1.54, 1.807) is 7.11 Å². The number of benzene rings is 1. The smallest absolute Gasteiger partial charge is 0.227 e. The molecule has 0 unspecified atom stereocenters. The highest BCUT2D eigenvalue weighted by atomic mass is 35.5. The van der Waals surface area contributed by atoms with E-state index in [0.717, 1.165) is 11.3 Å². The van der Waals surface area contributed by atoms with Crippen LogP contribution < -0.4 is 15.8 Å². The van der Waals surface area contributed by atoms with Crippen LogP contribution in [0.5, 0.6) is 5.75 Å². The fourth-order valence-electron chi connectivity index (χ4n) is 1.26. The van der Waals surface area contributed by atoms with Crippen LogP contribution in [-0.4, -0.2) is 19.6 Å². The highest BCUT2D eigenvalue weighted by Gasteiger charge is 2.25.